The van der Waals surface area contributed by atoms with Crippen molar-refractivity contribution in [2.45, 2.75) is 69.5 Å². The van der Waals surface area contributed by atoms with Gasteiger partial charge in [-0.15, -0.1) is 0 Å². The molecule has 0 bridgehead atoms. The first-order chi connectivity index (χ1) is 25.5. The number of benzene rings is 3. The van der Waals surface area contributed by atoms with Gasteiger partial charge in [-0.1, -0.05) is 72.8 Å². The van der Waals surface area contributed by atoms with Crippen LogP contribution < -0.4 is 38.9 Å². The van der Waals surface area contributed by atoms with Gasteiger partial charge in [0, 0.05) is 32.6 Å². The Morgan fingerprint density at radius 3 is 1.85 bits per heavy atom. The fraction of sp³-hybridized carbons (Fsp3) is 0.410. The van der Waals surface area contributed by atoms with Crippen LogP contribution in [0, 0.1) is 0 Å². The molecule has 3 rings (SSSR count). The number of unbranched alkanes of at least 4 members (excludes halogenated alkanes) is 1. The van der Waals surface area contributed by atoms with Gasteiger partial charge in [-0.25, -0.2) is 4.99 Å². The Bertz CT molecular complexity index is 1590. The molecule has 0 aliphatic carbocycles. The van der Waals surface area contributed by atoms with Gasteiger partial charge in [0.15, 0.2) is 5.96 Å². The van der Waals surface area contributed by atoms with E-state index in [1.807, 2.05) is 72.8 Å². The minimum atomic E-state index is -1.08. The maximum Gasteiger partial charge on any atom is 0.244 e. The highest BCUT2D eigenvalue weighted by atomic mass is 16.3. The third kappa shape index (κ3) is 16.3. The molecule has 0 aliphatic heterocycles. The molecule has 0 saturated carbocycles. The van der Waals surface area contributed by atoms with Gasteiger partial charge >= 0.3 is 0 Å². The highest BCUT2D eigenvalue weighted by molar-refractivity contribution is 5.87. The van der Waals surface area contributed by atoms with E-state index in [0.29, 0.717) is 70.3 Å². The number of carbonyl (C=O) groups excluding carboxylic acids is 4. The average Bonchev–Trinajstić information content (AvgIpc) is 3.15. The van der Waals surface area contributed by atoms with Crippen LogP contribution in [-0.2, 0) is 38.4 Å². The van der Waals surface area contributed by atoms with Crippen molar-refractivity contribution in [3.63, 3.8) is 0 Å². The van der Waals surface area contributed by atoms with Crippen LogP contribution in [0.15, 0.2) is 89.9 Å². The van der Waals surface area contributed by atoms with Crippen molar-refractivity contribution in [2.24, 2.45) is 27.9 Å². The van der Waals surface area contributed by atoms with Crippen molar-refractivity contribution < 1.29 is 24.3 Å². The molecular formula is C39H55N9O5. The van der Waals surface area contributed by atoms with Crippen LogP contribution in [0.5, 0.6) is 0 Å². The molecule has 4 amide bonds. The largest absolute Gasteiger partial charge is 0.394 e. The lowest BCUT2D eigenvalue weighted by molar-refractivity contribution is -0.132. The molecule has 0 saturated heterocycles. The molecule has 0 radical (unpaired) electrons. The second-order valence-electron chi connectivity index (χ2n) is 12.9. The van der Waals surface area contributed by atoms with E-state index in [9.17, 15) is 24.3 Å². The smallest absolute Gasteiger partial charge is 0.244 e. The maximum absolute atomic E-state index is 13.4. The first-order valence-corrected chi connectivity index (χ1v) is 18.1. The number of carbonyl (C=O) groups is 4. The number of rotatable bonds is 23. The highest BCUT2D eigenvalue weighted by Crippen LogP contribution is 2.14. The summed E-state index contributed by atoms with van der Waals surface area (Å²) in [5.74, 6) is -1.31. The molecular weight excluding hydrogens is 674 g/mol. The van der Waals surface area contributed by atoms with Crippen molar-refractivity contribution >= 4 is 35.3 Å². The molecule has 12 N–H and O–H groups in total. The summed E-state index contributed by atoms with van der Waals surface area (Å²) in [4.78, 5) is 56.9. The van der Waals surface area contributed by atoms with Crippen LogP contribution in [0.3, 0.4) is 0 Å². The molecule has 3 aromatic carbocycles. The number of aliphatic imine (C=N–C) groups is 1. The van der Waals surface area contributed by atoms with Crippen molar-refractivity contribution in [3.05, 3.63) is 102 Å². The van der Waals surface area contributed by atoms with Gasteiger partial charge in [0.1, 0.15) is 6.04 Å². The Morgan fingerprint density at radius 1 is 0.679 bits per heavy atom. The van der Waals surface area contributed by atoms with E-state index in [-0.39, 0.29) is 36.6 Å². The standard InChI is InChI=1S/C39H55N9O5/c40-32(25-29-11-3-1-4-12-29)36(51)44-22-10-24-48(38(53)33(41)26-30-13-5-2-6-14-30)23-8-7-21-45-37(52)34(27-49)47-35(50)16-9-15-28-17-19-31(20-18-28)46-39(42)43/h1-6,11-14,17-20,32-34,49H,7-10,15-16,21-27,40-41H2,(H,44,51)(H,45,52)(H,47,50)(H4,42,43,46)/t32-,33-,34-/m0/s1. The van der Waals surface area contributed by atoms with Gasteiger partial charge in [-0.05, 0) is 73.8 Å². The van der Waals surface area contributed by atoms with Gasteiger partial charge in [0.25, 0.3) is 0 Å². The zero-order valence-electron chi connectivity index (χ0n) is 30.3. The predicted octanol–water partition coefficient (Wildman–Crippen LogP) is 0.763. The molecule has 3 aromatic rings. The molecule has 53 heavy (non-hydrogen) atoms. The molecule has 0 aromatic heterocycles. The maximum atomic E-state index is 13.4. The van der Waals surface area contributed by atoms with Crippen LogP contribution >= 0.6 is 0 Å². The molecule has 0 spiro atoms. The topological polar surface area (TPSA) is 244 Å². The number of nitrogens with zero attached hydrogens (tertiary/aromatic N) is 2. The summed E-state index contributed by atoms with van der Waals surface area (Å²) in [6.45, 7) is 0.865. The summed E-state index contributed by atoms with van der Waals surface area (Å²) in [7, 11) is 0. The first kappa shape index (κ1) is 42.1. The Morgan fingerprint density at radius 2 is 1.25 bits per heavy atom. The molecule has 14 nitrogen and oxygen atoms in total. The summed E-state index contributed by atoms with van der Waals surface area (Å²) in [6, 6.07) is 23.9. The van der Waals surface area contributed by atoms with E-state index in [1.165, 1.54) is 0 Å². The Balaban J connectivity index is 1.41. The fourth-order valence-electron chi connectivity index (χ4n) is 5.66. The Kier molecular flexibility index (Phi) is 18.5. The number of hydrogen-bond donors (Lipinski definition) is 8. The molecule has 0 unspecified atom stereocenters. The molecule has 0 aliphatic rings. The monoisotopic (exact) mass is 729 g/mol. The zero-order valence-corrected chi connectivity index (χ0v) is 30.3. The SMILES string of the molecule is NC(N)=Nc1ccc(CCCC(=O)N[C@@H](CO)C(=O)NCCCCN(CCCNC(=O)[C@@H](N)Cc2ccccc2)C(=O)[C@@H](N)Cc2ccccc2)cc1. The normalized spacial score (nSPS) is 12.5. The van der Waals surface area contributed by atoms with Crippen LogP contribution in [-0.4, -0.2) is 90.5 Å². The van der Waals surface area contributed by atoms with Crippen LogP contribution in [0.4, 0.5) is 5.69 Å². The fourth-order valence-corrected chi connectivity index (χ4v) is 5.66. The van der Waals surface area contributed by atoms with E-state index < -0.39 is 30.6 Å². The van der Waals surface area contributed by atoms with Crippen molar-refractivity contribution in [3.8, 4) is 0 Å². The summed E-state index contributed by atoms with van der Waals surface area (Å²) in [5, 5.41) is 18.0. The van der Waals surface area contributed by atoms with Crippen LogP contribution in [0.25, 0.3) is 0 Å². The summed E-state index contributed by atoms with van der Waals surface area (Å²) >= 11 is 0. The molecule has 14 heteroatoms. The zero-order chi connectivity index (χ0) is 38.4. The summed E-state index contributed by atoms with van der Waals surface area (Å²) < 4.78 is 0. The van der Waals surface area contributed by atoms with E-state index in [2.05, 4.69) is 20.9 Å². The lowest BCUT2D eigenvalue weighted by Crippen LogP contribution is -2.49. The third-order valence-corrected chi connectivity index (χ3v) is 8.52. The Hall–Kier alpha value is -5.31. The summed E-state index contributed by atoms with van der Waals surface area (Å²) in [5.41, 5.74) is 26.8. The van der Waals surface area contributed by atoms with Gasteiger partial charge in [0.05, 0.1) is 24.4 Å². The quantitative estimate of drug-likeness (QED) is 0.0390. The number of amides is 4. The number of nitrogens with one attached hydrogen (secondary N) is 3. The third-order valence-electron chi connectivity index (χ3n) is 8.52. The Labute approximate surface area is 311 Å². The number of hydrogen-bond acceptors (Lipinski definition) is 8. The van der Waals surface area contributed by atoms with Gasteiger partial charge in [-0.2, -0.15) is 0 Å². The summed E-state index contributed by atoms with van der Waals surface area (Å²) in [6.07, 6.45) is 3.80. The van der Waals surface area contributed by atoms with Crippen LogP contribution in [0.1, 0.15) is 48.8 Å². The number of aliphatic hydroxyl groups excluding tert-OH is 1. The molecule has 0 heterocycles. The molecule has 286 valence electrons. The van der Waals surface area contributed by atoms with E-state index in [0.717, 1.165) is 16.7 Å². The minimum Gasteiger partial charge on any atom is -0.394 e. The second-order valence-corrected chi connectivity index (χ2v) is 12.9. The lowest BCUT2D eigenvalue weighted by Gasteiger charge is -2.26. The predicted molar refractivity (Wildman–Crippen MR) is 207 cm³/mol. The number of guanidine groups is 1. The van der Waals surface area contributed by atoms with Gasteiger partial charge < -0.3 is 48.9 Å². The van der Waals surface area contributed by atoms with Gasteiger partial charge in [-0.3, -0.25) is 19.2 Å². The van der Waals surface area contributed by atoms with Crippen molar-refractivity contribution in [2.75, 3.05) is 32.8 Å². The molecule has 3 atom stereocenters. The minimum absolute atomic E-state index is 0.0255. The van der Waals surface area contributed by atoms with E-state index in [1.54, 1.807) is 17.0 Å². The average molecular weight is 730 g/mol. The van der Waals surface area contributed by atoms with Crippen LogP contribution in [0.2, 0.25) is 0 Å². The first-order valence-electron chi connectivity index (χ1n) is 18.1. The molecule has 0 fully saturated rings. The number of nitrogens with two attached hydrogens (primary N) is 4. The van der Waals surface area contributed by atoms with E-state index >= 15 is 0 Å². The van der Waals surface area contributed by atoms with Gasteiger partial charge in [0.2, 0.25) is 23.6 Å². The number of aliphatic hydroxyl groups is 1. The van der Waals surface area contributed by atoms with Crippen molar-refractivity contribution in [1.82, 2.24) is 20.9 Å². The van der Waals surface area contributed by atoms with Crippen molar-refractivity contribution in [1.29, 1.82) is 0 Å². The second kappa shape index (κ2) is 23.3. The lowest BCUT2D eigenvalue weighted by atomic mass is 10.1. The van der Waals surface area contributed by atoms with E-state index in [4.69, 9.17) is 22.9 Å². The number of aryl methyl sites for hydroxylation is 1. The highest BCUT2D eigenvalue weighted by Gasteiger charge is 2.22.